The van der Waals surface area contributed by atoms with Crippen molar-refractivity contribution in [1.29, 1.82) is 0 Å². The minimum atomic E-state index is -0.279. The first-order valence-electron chi connectivity index (χ1n) is 11.2. The zero-order valence-electron chi connectivity index (χ0n) is 18.9. The van der Waals surface area contributed by atoms with Crippen molar-refractivity contribution < 1.29 is 9.59 Å². The summed E-state index contributed by atoms with van der Waals surface area (Å²) < 4.78 is 0. The highest BCUT2D eigenvalue weighted by Gasteiger charge is 2.20. The van der Waals surface area contributed by atoms with Crippen LogP contribution in [0.25, 0.3) is 22.5 Å². The van der Waals surface area contributed by atoms with Crippen LogP contribution in [0.2, 0.25) is 0 Å². The molecule has 0 saturated heterocycles. The number of hydrogen-bond donors (Lipinski definition) is 4. The van der Waals surface area contributed by atoms with Gasteiger partial charge in [0.25, 0.3) is 5.91 Å². The van der Waals surface area contributed by atoms with Gasteiger partial charge in [0.1, 0.15) is 10.7 Å². The number of carbonyl (C=O) groups excluding carboxylic acids is 2. The molecular formula is C24H27N7O2S. The number of carbonyl (C=O) groups is 2. The fourth-order valence-electron chi connectivity index (χ4n) is 3.70. The average Bonchev–Trinajstić information content (AvgIpc) is 3.65. The summed E-state index contributed by atoms with van der Waals surface area (Å²) in [5.41, 5.74) is 5.46. The zero-order valence-corrected chi connectivity index (χ0v) is 19.7. The van der Waals surface area contributed by atoms with E-state index in [1.54, 1.807) is 31.1 Å². The first-order valence-corrected chi connectivity index (χ1v) is 12.1. The molecule has 4 rings (SSSR count). The third-order valence-corrected chi connectivity index (χ3v) is 6.32. The van der Waals surface area contributed by atoms with Gasteiger partial charge in [0, 0.05) is 30.8 Å². The Bertz CT molecular complexity index is 1200. The zero-order chi connectivity index (χ0) is 23.8. The number of benzene rings is 1. The van der Waals surface area contributed by atoms with Crippen LogP contribution in [0.5, 0.6) is 0 Å². The van der Waals surface area contributed by atoms with Crippen LogP contribution in [0.4, 0.5) is 0 Å². The van der Waals surface area contributed by atoms with Crippen LogP contribution in [0.15, 0.2) is 54.4 Å². The molecule has 0 aliphatic rings. The predicted octanol–water partition coefficient (Wildman–Crippen LogP) is 4.09. The van der Waals surface area contributed by atoms with Crippen LogP contribution in [0.1, 0.15) is 53.6 Å². The fourth-order valence-corrected chi connectivity index (χ4v) is 4.22. The first kappa shape index (κ1) is 23.4. The normalized spacial score (nSPS) is 11.8. The lowest BCUT2D eigenvalue weighted by Gasteiger charge is -2.16. The number of aromatic amines is 2. The van der Waals surface area contributed by atoms with Crippen molar-refractivity contribution in [3.05, 3.63) is 65.1 Å². The van der Waals surface area contributed by atoms with Gasteiger partial charge in [-0.3, -0.25) is 19.7 Å². The van der Waals surface area contributed by atoms with E-state index in [4.69, 9.17) is 0 Å². The van der Waals surface area contributed by atoms with Crippen LogP contribution < -0.4 is 10.6 Å². The van der Waals surface area contributed by atoms with Gasteiger partial charge < -0.3 is 15.6 Å². The fraction of sp³-hybridized carbons (Fsp3) is 0.292. The van der Waals surface area contributed by atoms with E-state index in [1.165, 1.54) is 11.3 Å². The number of H-pyrrole nitrogens is 2. The Labute approximate surface area is 201 Å². The van der Waals surface area contributed by atoms with Gasteiger partial charge in [-0.25, -0.2) is 4.98 Å². The molecule has 2 amide bonds. The monoisotopic (exact) mass is 477 g/mol. The van der Waals surface area contributed by atoms with Crippen molar-refractivity contribution in [3.8, 4) is 22.5 Å². The minimum absolute atomic E-state index is 0.0445. The van der Waals surface area contributed by atoms with Gasteiger partial charge in [-0.1, -0.05) is 31.0 Å². The molecule has 1 atom stereocenters. The Morgan fingerprint density at radius 3 is 2.68 bits per heavy atom. The third kappa shape index (κ3) is 5.96. The van der Waals surface area contributed by atoms with E-state index in [-0.39, 0.29) is 17.9 Å². The standard InChI is InChI=1S/C24H27N7O2S/c1-25-22(32)9-4-2-3-8-19(30-24(33)21-14-26-15-34-21)23-27-13-20(29-23)17-7-5-6-16(12-17)18-10-11-28-31-18/h5-7,10-15,19H,2-4,8-9H2,1H3,(H,25,32)(H,27,29)(H,28,31)(H,30,33). The van der Waals surface area contributed by atoms with Crippen molar-refractivity contribution in [2.75, 3.05) is 7.05 Å². The van der Waals surface area contributed by atoms with Crippen LogP contribution in [0, 0.1) is 0 Å². The summed E-state index contributed by atoms with van der Waals surface area (Å²) in [5.74, 6) is 0.575. The molecule has 0 aliphatic carbocycles. The van der Waals surface area contributed by atoms with E-state index in [1.807, 2.05) is 24.3 Å². The highest BCUT2D eigenvalue weighted by Crippen LogP contribution is 2.26. The van der Waals surface area contributed by atoms with E-state index < -0.39 is 0 Å². The van der Waals surface area contributed by atoms with Gasteiger partial charge in [0.15, 0.2) is 0 Å². The van der Waals surface area contributed by atoms with Crippen molar-refractivity contribution in [2.24, 2.45) is 0 Å². The smallest absolute Gasteiger partial charge is 0.263 e. The molecule has 9 nitrogen and oxygen atoms in total. The second-order valence-electron chi connectivity index (χ2n) is 7.90. The Hall–Kier alpha value is -3.79. The summed E-state index contributed by atoms with van der Waals surface area (Å²) in [5, 5.41) is 12.7. The molecule has 0 radical (unpaired) electrons. The Kier molecular flexibility index (Phi) is 7.82. The van der Waals surface area contributed by atoms with E-state index in [0.29, 0.717) is 23.5 Å². The second kappa shape index (κ2) is 11.4. The van der Waals surface area contributed by atoms with Crippen LogP contribution in [-0.2, 0) is 4.79 Å². The molecule has 3 aromatic heterocycles. The molecule has 4 aromatic rings. The number of amides is 2. The van der Waals surface area contributed by atoms with Crippen LogP contribution in [-0.4, -0.2) is 44.0 Å². The van der Waals surface area contributed by atoms with Crippen LogP contribution in [0.3, 0.4) is 0 Å². The minimum Gasteiger partial charge on any atom is -0.359 e. The molecule has 176 valence electrons. The quantitative estimate of drug-likeness (QED) is 0.242. The van der Waals surface area contributed by atoms with Gasteiger partial charge in [0.2, 0.25) is 5.91 Å². The van der Waals surface area contributed by atoms with Gasteiger partial charge >= 0.3 is 0 Å². The number of nitrogens with one attached hydrogen (secondary N) is 4. The number of unbranched alkanes of at least 4 members (excludes halogenated alkanes) is 2. The van der Waals surface area contributed by atoms with E-state index in [0.717, 1.165) is 41.8 Å². The van der Waals surface area contributed by atoms with Gasteiger partial charge in [0.05, 0.1) is 35.3 Å². The number of rotatable bonds is 11. The molecule has 0 aliphatic heterocycles. The number of imidazole rings is 1. The molecule has 0 spiro atoms. The largest absolute Gasteiger partial charge is 0.359 e. The summed E-state index contributed by atoms with van der Waals surface area (Å²) in [7, 11) is 1.65. The molecule has 10 heteroatoms. The lowest BCUT2D eigenvalue weighted by Crippen LogP contribution is -2.28. The maximum atomic E-state index is 12.7. The molecule has 0 fully saturated rings. The molecule has 0 saturated carbocycles. The highest BCUT2D eigenvalue weighted by molar-refractivity contribution is 7.11. The Balaban J connectivity index is 1.48. The summed E-state index contributed by atoms with van der Waals surface area (Å²) in [6.07, 6.45) is 8.84. The first-order chi connectivity index (χ1) is 16.6. The lowest BCUT2D eigenvalue weighted by molar-refractivity contribution is -0.120. The predicted molar refractivity (Wildman–Crippen MR) is 131 cm³/mol. The average molecular weight is 478 g/mol. The highest BCUT2D eigenvalue weighted by atomic mass is 32.1. The summed E-state index contributed by atoms with van der Waals surface area (Å²) in [6.45, 7) is 0. The maximum absolute atomic E-state index is 12.7. The summed E-state index contributed by atoms with van der Waals surface area (Å²) in [6, 6.07) is 9.73. The molecule has 3 heterocycles. The van der Waals surface area contributed by atoms with Gasteiger partial charge in [-0.2, -0.15) is 5.10 Å². The van der Waals surface area contributed by atoms with Crippen molar-refractivity contribution in [2.45, 2.75) is 38.1 Å². The molecule has 0 bridgehead atoms. The summed E-state index contributed by atoms with van der Waals surface area (Å²) in [4.78, 5) is 36.7. The molecule has 1 aromatic carbocycles. The van der Waals surface area contributed by atoms with Gasteiger partial charge in [-0.05, 0) is 25.0 Å². The third-order valence-electron chi connectivity index (χ3n) is 5.55. The van der Waals surface area contributed by atoms with Crippen molar-refractivity contribution >= 4 is 23.2 Å². The molecular weight excluding hydrogens is 450 g/mol. The molecule has 4 N–H and O–H groups in total. The SMILES string of the molecule is CNC(=O)CCCCCC(NC(=O)c1cncs1)c1ncc(-c2cccc(-c3ccn[nH]3)c2)[nH]1. The van der Waals surface area contributed by atoms with Crippen molar-refractivity contribution in [3.63, 3.8) is 0 Å². The molecule has 1 unspecified atom stereocenters. The summed E-state index contributed by atoms with van der Waals surface area (Å²) >= 11 is 1.30. The maximum Gasteiger partial charge on any atom is 0.263 e. The number of thiazole rings is 1. The van der Waals surface area contributed by atoms with E-state index >= 15 is 0 Å². The Morgan fingerprint density at radius 2 is 1.94 bits per heavy atom. The Morgan fingerprint density at radius 1 is 1.09 bits per heavy atom. The number of aromatic nitrogens is 5. The second-order valence-corrected chi connectivity index (χ2v) is 8.78. The van der Waals surface area contributed by atoms with E-state index in [9.17, 15) is 9.59 Å². The lowest BCUT2D eigenvalue weighted by atomic mass is 10.1. The van der Waals surface area contributed by atoms with Crippen molar-refractivity contribution in [1.82, 2.24) is 35.8 Å². The van der Waals surface area contributed by atoms with Crippen LogP contribution >= 0.6 is 11.3 Å². The number of nitrogens with zero attached hydrogens (tertiary/aromatic N) is 3. The number of hydrogen-bond acceptors (Lipinski definition) is 6. The van der Waals surface area contributed by atoms with Gasteiger partial charge in [-0.15, -0.1) is 11.3 Å². The van der Waals surface area contributed by atoms with E-state index in [2.05, 4.69) is 41.8 Å². The topological polar surface area (TPSA) is 128 Å². The molecule has 34 heavy (non-hydrogen) atoms.